The minimum absolute atomic E-state index is 0.458. The zero-order valence-corrected chi connectivity index (χ0v) is 14.2. The van der Waals surface area contributed by atoms with Gasteiger partial charge in [0.25, 0.3) is 0 Å². The first kappa shape index (κ1) is 17.1. The zero-order valence-electron chi connectivity index (χ0n) is 13.4. The van der Waals surface area contributed by atoms with Crippen LogP contribution in [-0.2, 0) is 6.61 Å². The maximum atomic E-state index is 9.70. The highest BCUT2D eigenvalue weighted by molar-refractivity contribution is 6.52. The summed E-state index contributed by atoms with van der Waals surface area (Å²) in [5.74, 6) is 0.721. The Morgan fingerprint density at radius 1 is 1.00 bits per heavy atom. The standard InChI is InChI=1S/C19H20BClO3/c21-15-10-11-19(24-13-14-6-2-1-3-7-14)17(12-15)16-8-4-5-9-18(16)20(22)23/h1-3,6-7,10-12,22-23H,4-5,8-9,13H2. The molecule has 24 heavy (non-hydrogen) atoms. The second-order valence-corrected chi connectivity index (χ2v) is 6.44. The molecule has 0 heterocycles. The Labute approximate surface area is 147 Å². The van der Waals surface area contributed by atoms with Gasteiger partial charge in [0, 0.05) is 10.6 Å². The van der Waals surface area contributed by atoms with Crippen LogP contribution in [0.2, 0.25) is 5.02 Å². The molecule has 5 heteroatoms. The monoisotopic (exact) mass is 342 g/mol. The third-order valence-electron chi connectivity index (χ3n) is 4.33. The van der Waals surface area contributed by atoms with Crippen LogP contribution in [0.4, 0.5) is 0 Å². The number of ether oxygens (including phenoxy) is 1. The molecule has 0 aliphatic heterocycles. The summed E-state index contributed by atoms with van der Waals surface area (Å²) in [7, 11) is -1.43. The van der Waals surface area contributed by atoms with Crippen molar-refractivity contribution >= 4 is 24.3 Å². The molecule has 2 aromatic rings. The summed E-state index contributed by atoms with van der Waals surface area (Å²) in [5, 5.41) is 20.0. The fourth-order valence-corrected chi connectivity index (χ4v) is 3.29. The van der Waals surface area contributed by atoms with E-state index in [1.54, 1.807) is 6.07 Å². The first-order valence-corrected chi connectivity index (χ1v) is 8.57. The van der Waals surface area contributed by atoms with E-state index < -0.39 is 7.12 Å². The van der Waals surface area contributed by atoms with Crippen LogP contribution >= 0.6 is 11.6 Å². The molecule has 1 aliphatic carbocycles. The minimum Gasteiger partial charge on any atom is -0.488 e. The van der Waals surface area contributed by atoms with Crippen molar-refractivity contribution < 1.29 is 14.8 Å². The van der Waals surface area contributed by atoms with Crippen molar-refractivity contribution in [1.82, 2.24) is 0 Å². The molecular formula is C19H20BClO3. The average Bonchev–Trinajstić information content (AvgIpc) is 2.61. The van der Waals surface area contributed by atoms with E-state index in [2.05, 4.69) is 0 Å². The van der Waals surface area contributed by atoms with Crippen molar-refractivity contribution in [3.05, 3.63) is 70.2 Å². The maximum Gasteiger partial charge on any atom is 0.484 e. The molecule has 0 fully saturated rings. The summed E-state index contributed by atoms with van der Waals surface area (Å²) in [5.41, 5.74) is 3.56. The molecule has 0 spiro atoms. The predicted molar refractivity (Wildman–Crippen MR) is 97.8 cm³/mol. The summed E-state index contributed by atoms with van der Waals surface area (Å²) >= 11 is 6.18. The van der Waals surface area contributed by atoms with Crippen LogP contribution in [0.15, 0.2) is 54.0 Å². The van der Waals surface area contributed by atoms with Gasteiger partial charge in [0.2, 0.25) is 0 Å². The van der Waals surface area contributed by atoms with Crippen molar-refractivity contribution in [3.63, 3.8) is 0 Å². The Hall–Kier alpha value is -1.75. The van der Waals surface area contributed by atoms with Gasteiger partial charge in [-0.15, -0.1) is 0 Å². The van der Waals surface area contributed by atoms with Gasteiger partial charge >= 0.3 is 7.12 Å². The number of allylic oxidation sites excluding steroid dienone is 2. The van der Waals surface area contributed by atoms with Crippen LogP contribution in [-0.4, -0.2) is 17.2 Å². The van der Waals surface area contributed by atoms with Crippen LogP contribution in [0.3, 0.4) is 0 Å². The van der Waals surface area contributed by atoms with Gasteiger partial charge in [0.15, 0.2) is 0 Å². The second kappa shape index (κ2) is 7.89. The highest BCUT2D eigenvalue weighted by Gasteiger charge is 2.25. The van der Waals surface area contributed by atoms with Crippen molar-refractivity contribution in [2.24, 2.45) is 0 Å². The van der Waals surface area contributed by atoms with Crippen molar-refractivity contribution in [3.8, 4) is 5.75 Å². The van der Waals surface area contributed by atoms with Crippen molar-refractivity contribution in [1.29, 1.82) is 0 Å². The third-order valence-corrected chi connectivity index (χ3v) is 4.56. The lowest BCUT2D eigenvalue weighted by Gasteiger charge is -2.22. The van der Waals surface area contributed by atoms with E-state index in [9.17, 15) is 10.0 Å². The summed E-state index contributed by atoms with van der Waals surface area (Å²) < 4.78 is 6.00. The minimum atomic E-state index is -1.43. The van der Waals surface area contributed by atoms with E-state index in [4.69, 9.17) is 16.3 Å². The molecule has 3 rings (SSSR count). The fraction of sp³-hybridized carbons (Fsp3) is 0.263. The number of benzene rings is 2. The van der Waals surface area contributed by atoms with Gasteiger partial charge in [-0.25, -0.2) is 0 Å². The molecule has 0 saturated carbocycles. The van der Waals surface area contributed by atoms with E-state index in [0.29, 0.717) is 23.5 Å². The maximum absolute atomic E-state index is 9.70. The molecular weight excluding hydrogens is 322 g/mol. The van der Waals surface area contributed by atoms with Crippen LogP contribution < -0.4 is 4.74 Å². The van der Waals surface area contributed by atoms with E-state index in [-0.39, 0.29) is 0 Å². The molecule has 124 valence electrons. The summed E-state index contributed by atoms with van der Waals surface area (Å²) in [6.45, 7) is 0.458. The Bertz CT molecular complexity index is 729. The van der Waals surface area contributed by atoms with Crippen molar-refractivity contribution in [2.45, 2.75) is 32.3 Å². The summed E-state index contributed by atoms with van der Waals surface area (Å²) in [6, 6.07) is 15.4. The smallest absolute Gasteiger partial charge is 0.484 e. The topological polar surface area (TPSA) is 49.7 Å². The summed E-state index contributed by atoms with van der Waals surface area (Å²) in [4.78, 5) is 0. The molecule has 3 nitrogen and oxygen atoms in total. The van der Waals surface area contributed by atoms with Gasteiger partial charge in [-0.05, 0) is 60.5 Å². The van der Waals surface area contributed by atoms with Crippen LogP contribution in [0.1, 0.15) is 36.8 Å². The lowest BCUT2D eigenvalue weighted by Crippen LogP contribution is -2.19. The number of hydrogen-bond donors (Lipinski definition) is 2. The molecule has 0 saturated heterocycles. The van der Waals surface area contributed by atoms with E-state index in [1.165, 1.54) is 0 Å². The Kier molecular flexibility index (Phi) is 5.61. The zero-order chi connectivity index (χ0) is 16.9. The Morgan fingerprint density at radius 3 is 2.50 bits per heavy atom. The fourth-order valence-electron chi connectivity index (χ4n) is 3.12. The third kappa shape index (κ3) is 4.01. The normalized spacial score (nSPS) is 14.6. The second-order valence-electron chi connectivity index (χ2n) is 6.00. The van der Waals surface area contributed by atoms with E-state index in [1.807, 2.05) is 42.5 Å². The Morgan fingerprint density at radius 2 is 1.75 bits per heavy atom. The van der Waals surface area contributed by atoms with E-state index in [0.717, 1.165) is 41.7 Å². The Balaban J connectivity index is 1.93. The quantitative estimate of drug-likeness (QED) is 0.798. The SMILES string of the molecule is OB(O)C1=C(c2cc(Cl)ccc2OCc2ccccc2)CCCC1. The lowest BCUT2D eigenvalue weighted by atomic mass is 9.68. The number of hydrogen-bond acceptors (Lipinski definition) is 3. The summed E-state index contributed by atoms with van der Waals surface area (Å²) in [6.07, 6.45) is 3.49. The molecule has 0 radical (unpaired) electrons. The molecule has 2 N–H and O–H groups in total. The molecule has 0 unspecified atom stereocenters. The molecule has 2 aromatic carbocycles. The molecule has 0 bridgehead atoms. The van der Waals surface area contributed by atoms with Gasteiger partial charge in [-0.3, -0.25) is 0 Å². The van der Waals surface area contributed by atoms with Gasteiger partial charge in [-0.2, -0.15) is 0 Å². The van der Waals surface area contributed by atoms with E-state index >= 15 is 0 Å². The molecule has 0 atom stereocenters. The highest BCUT2D eigenvalue weighted by Crippen LogP contribution is 2.38. The van der Waals surface area contributed by atoms with Crippen LogP contribution in [0, 0.1) is 0 Å². The first-order chi connectivity index (χ1) is 11.6. The molecule has 1 aliphatic rings. The number of halogens is 1. The van der Waals surface area contributed by atoms with Crippen LogP contribution in [0.5, 0.6) is 5.75 Å². The first-order valence-electron chi connectivity index (χ1n) is 8.20. The van der Waals surface area contributed by atoms with Crippen molar-refractivity contribution in [2.75, 3.05) is 0 Å². The molecule has 0 aromatic heterocycles. The van der Waals surface area contributed by atoms with Crippen LogP contribution in [0.25, 0.3) is 5.57 Å². The average molecular weight is 343 g/mol. The number of rotatable bonds is 5. The lowest BCUT2D eigenvalue weighted by molar-refractivity contribution is 0.305. The van der Waals surface area contributed by atoms with Gasteiger partial charge < -0.3 is 14.8 Å². The van der Waals surface area contributed by atoms with Gasteiger partial charge in [-0.1, -0.05) is 41.9 Å². The van der Waals surface area contributed by atoms with Gasteiger partial charge in [0.1, 0.15) is 12.4 Å². The molecule has 0 amide bonds. The predicted octanol–water partition coefficient (Wildman–Crippen LogP) is 4.26. The van der Waals surface area contributed by atoms with Gasteiger partial charge in [0.05, 0.1) is 0 Å². The highest BCUT2D eigenvalue weighted by atomic mass is 35.5. The largest absolute Gasteiger partial charge is 0.488 e.